The first-order chi connectivity index (χ1) is 10.7. The molecule has 0 unspecified atom stereocenters. The van der Waals surface area contributed by atoms with Crippen molar-refractivity contribution in [3.63, 3.8) is 0 Å². The zero-order valence-electron chi connectivity index (χ0n) is 12.5. The number of aromatic nitrogens is 3. The second-order valence-electron chi connectivity index (χ2n) is 4.72. The second-order valence-corrected chi connectivity index (χ2v) is 4.72. The molecule has 0 aromatic carbocycles. The predicted molar refractivity (Wildman–Crippen MR) is 80.1 cm³/mol. The molecule has 6 nitrogen and oxygen atoms in total. The molecule has 0 bridgehead atoms. The molecule has 0 atom stereocenters. The van der Waals surface area contributed by atoms with E-state index in [4.69, 9.17) is 14.0 Å². The smallest absolute Gasteiger partial charge is 0.257 e. The molecule has 112 valence electrons. The Balaban J connectivity index is 2.03. The lowest BCUT2D eigenvalue weighted by atomic mass is 10.1. The summed E-state index contributed by atoms with van der Waals surface area (Å²) >= 11 is 0. The predicted octanol–water partition coefficient (Wildman–Crippen LogP) is 3.55. The lowest BCUT2D eigenvalue weighted by Gasteiger charge is -2.10. The van der Waals surface area contributed by atoms with Gasteiger partial charge >= 0.3 is 0 Å². The highest BCUT2D eigenvalue weighted by Gasteiger charge is 2.16. The van der Waals surface area contributed by atoms with Crippen molar-refractivity contribution in [1.82, 2.24) is 15.1 Å². The largest absolute Gasteiger partial charge is 0.478 e. The van der Waals surface area contributed by atoms with Crippen LogP contribution in [0.25, 0.3) is 11.1 Å². The van der Waals surface area contributed by atoms with Crippen LogP contribution in [0.15, 0.2) is 41.3 Å². The molecule has 0 fully saturated rings. The summed E-state index contributed by atoms with van der Waals surface area (Å²) < 4.78 is 16.3. The molecule has 0 N–H and O–H groups in total. The highest BCUT2D eigenvalue weighted by molar-refractivity contribution is 5.69. The van der Waals surface area contributed by atoms with E-state index in [0.29, 0.717) is 17.4 Å². The van der Waals surface area contributed by atoms with Gasteiger partial charge < -0.3 is 14.0 Å². The summed E-state index contributed by atoms with van der Waals surface area (Å²) in [5, 5.41) is 3.96. The fourth-order valence-electron chi connectivity index (χ4n) is 2.22. The zero-order chi connectivity index (χ0) is 15.5. The third kappa shape index (κ3) is 2.63. The summed E-state index contributed by atoms with van der Waals surface area (Å²) in [6.45, 7) is 3.75. The maximum absolute atomic E-state index is 5.82. The van der Waals surface area contributed by atoms with Crippen molar-refractivity contribution < 1.29 is 14.0 Å². The van der Waals surface area contributed by atoms with E-state index >= 15 is 0 Å². The third-order valence-corrected chi connectivity index (χ3v) is 3.20. The summed E-state index contributed by atoms with van der Waals surface area (Å²) in [6.07, 6.45) is 5.02. The maximum atomic E-state index is 5.82. The van der Waals surface area contributed by atoms with Crippen LogP contribution in [-0.4, -0.2) is 22.2 Å². The van der Waals surface area contributed by atoms with Crippen molar-refractivity contribution in [2.45, 2.75) is 13.8 Å². The topological polar surface area (TPSA) is 70.3 Å². The minimum absolute atomic E-state index is 0.402. The van der Waals surface area contributed by atoms with E-state index in [1.807, 2.05) is 26.0 Å². The highest BCUT2D eigenvalue weighted by Crippen LogP contribution is 2.35. The average Bonchev–Trinajstić information content (AvgIpc) is 2.87. The summed E-state index contributed by atoms with van der Waals surface area (Å²) in [4.78, 5) is 8.32. The Morgan fingerprint density at radius 3 is 2.68 bits per heavy atom. The van der Waals surface area contributed by atoms with Crippen molar-refractivity contribution in [3.8, 4) is 28.5 Å². The van der Waals surface area contributed by atoms with E-state index in [1.165, 1.54) is 0 Å². The summed E-state index contributed by atoms with van der Waals surface area (Å²) in [5.74, 6) is 2.25. The standard InChI is InChI=1S/C16H15N3O3/c1-10-15(11(2)22-19-10)12-7-14(16(20-3)18-8-12)21-13-5-4-6-17-9-13/h4-9H,1-3H3. The molecule has 0 amide bonds. The fourth-order valence-corrected chi connectivity index (χ4v) is 2.22. The number of methoxy groups -OCH3 is 1. The van der Waals surface area contributed by atoms with Crippen molar-refractivity contribution in [1.29, 1.82) is 0 Å². The first-order valence-corrected chi connectivity index (χ1v) is 6.74. The van der Waals surface area contributed by atoms with E-state index in [1.54, 1.807) is 31.8 Å². The van der Waals surface area contributed by atoms with Crippen LogP contribution in [0.2, 0.25) is 0 Å². The van der Waals surface area contributed by atoms with Crippen molar-refractivity contribution in [2.24, 2.45) is 0 Å². The lowest BCUT2D eigenvalue weighted by molar-refractivity contribution is 0.363. The molecule has 0 aliphatic heterocycles. The molecule has 6 heteroatoms. The Morgan fingerprint density at radius 1 is 1.18 bits per heavy atom. The first-order valence-electron chi connectivity index (χ1n) is 6.74. The molecular formula is C16H15N3O3. The fraction of sp³-hybridized carbons (Fsp3) is 0.188. The van der Waals surface area contributed by atoms with Gasteiger partial charge in [0.2, 0.25) is 0 Å². The van der Waals surface area contributed by atoms with Crippen LogP contribution in [0.3, 0.4) is 0 Å². The number of aryl methyl sites for hydroxylation is 2. The van der Waals surface area contributed by atoms with E-state index < -0.39 is 0 Å². The van der Waals surface area contributed by atoms with Gasteiger partial charge in [0.05, 0.1) is 19.0 Å². The number of pyridine rings is 2. The van der Waals surface area contributed by atoms with Gasteiger partial charge in [-0.1, -0.05) is 5.16 Å². The highest BCUT2D eigenvalue weighted by atomic mass is 16.5. The summed E-state index contributed by atoms with van der Waals surface area (Å²) in [6, 6.07) is 5.47. The van der Waals surface area contributed by atoms with Gasteiger partial charge in [-0.15, -0.1) is 0 Å². The van der Waals surface area contributed by atoms with Crippen molar-refractivity contribution in [3.05, 3.63) is 48.2 Å². The Kier molecular flexibility index (Phi) is 3.74. The number of nitrogens with zero attached hydrogens (tertiary/aromatic N) is 3. The summed E-state index contributed by atoms with van der Waals surface area (Å²) in [5.41, 5.74) is 2.57. The number of hydrogen-bond donors (Lipinski definition) is 0. The molecule has 0 saturated carbocycles. The minimum atomic E-state index is 0.402. The second kappa shape index (κ2) is 5.85. The Morgan fingerprint density at radius 2 is 2.05 bits per heavy atom. The quantitative estimate of drug-likeness (QED) is 0.733. The van der Waals surface area contributed by atoms with E-state index in [-0.39, 0.29) is 0 Å². The van der Waals surface area contributed by atoms with Gasteiger partial charge in [-0.05, 0) is 32.0 Å². The molecular weight excluding hydrogens is 282 g/mol. The molecule has 0 saturated heterocycles. The minimum Gasteiger partial charge on any atom is -0.478 e. The van der Waals surface area contributed by atoms with Crippen LogP contribution in [0.5, 0.6) is 17.4 Å². The monoisotopic (exact) mass is 297 g/mol. The van der Waals surface area contributed by atoms with Gasteiger partial charge in [-0.3, -0.25) is 4.98 Å². The number of rotatable bonds is 4. The average molecular weight is 297 g/mol. The van der Waals surface area contributed by atoms with E-state index in [0.717, 1.165) is 22.6 Å². The number of hydrogen-bond acceptors (Lipinski definition) is 6. The van der Waals surface area contributed by atoms with Crippen LogP contribution in [0.1, 0.15) is 11.5 Å². The van der Waals surface area contributed by atoms with Gasteiger partial charge in [0.25, 0.3) is 5.88 Å². The van der Waals surface area contributed by atoms with Gasteiger partial charge in [0, 0.05) is 23.5 Å². The third-order valence-electron chi connectivity index (χ3n) is 3.20. The van der Waals surface area contributed by atoms with Gasteiger partial charge in [0.15, 0.2) is 5.75 Å². The Hall–Kier alpha value is -2.89. The first kappa shape index (κ1) is 14.1. The molecule has 3 aromatic rings. The maximum Gasteiger partial charge on any atom is 0.257 e. The molecule has 3 rings (SSSR count). The van der Waals surface area contributed by atoms with Crippen LogP contribution in [0.4, 0.5) is 0 Å². The molecule has 0 spiro atoms. The van der Waals surface area contributed by atoms with Crippen LogP contribution in [0, 0.1) is 13.8 Å². The van der Waals surface area contributed by atoms with Gasteiger partial charge in [0.1, 0.15) is 11.5 Å². The zero-order valence-corrected chi connectivity index (χ0v) is 12.5. The molecule has 0 aliphatic rings. The molecule has 3 aromatic heterocycles. The molecule has 0 radical (unpaired) electrons. The molecule has 22 heavy (non-hydrogen) atoms. The van der Waals surface area contributed by atoms with Crippen LogP contribution in [-0.2, 0) is 0 Å². The molecule has 3 heterocycles. The lowest BCUT2D eigenvalue weighted by Crippen LogP contribution is -1.95. The Labute approximate surface area is 127 Å². The van der Waals surface area contributed by atoms with E-state index in [9.17, 15) is 0 Å². The Bertz CT molecular complexity index is 765. The van der Waals surface area contributed by atoms with Crippen LogP contribution < -0.4 is 9.47 Å². The SMILES string of the molecule is COc1ncc(-c2c(C)noc2C)cc1Oc1cccnc1. The normalized spacial score (nSPS) is 10.5. The van der Waals surface area contributed by atoms with E-state index in [2.05, 4.69) is 15.1 Å². The summed E-state index contributed by atoms with van der Waals surface area (Å²) in [7, 11) is 1.55. The number of ether oxygens (including phenoxy) is 2. The van der Waals surface area contributed by atoms with Crippen molar-refractivity contribution in [2.75, 3.05) is 7.11 Å². The van der Waals surface area contributed by atoms with Gasteiger partial charge in [-0.25, -0.2) is 4.98 Å². The van der Waals surface area contributed by atoms with Gasteiger partial charge in [-0.2, -0.15) is 0 Å². The van der Waals surface area contributed by atoms with Crippen molar-refractivity contribution >= 4 is 0 Å². The van der Waals surface area contributed by atoms with Crippen LogP contribution >= 0.6 is 0 Å². The molecule has 0 aliphatic carbocycles.